The summed E-state index contributed by atoms with van der Waals surface area (Å²) in [5.74, 6) is 0.941. The lowest BCUT2D eigenvalue weighted by atomic mass is 9.98. The van der Waals surface area contributed by atoms with Crippen LogP contribution in [0.25, 0.3) is 0 Å². The molecule has 0 bridgehead atoms. The second kappa shape index (κ2) is 5.63. The number of aliphatic hydroxyl groups excluding tert-OH is 1. The third-order valence-electron chi connectivity index (χ3n) is 3.20. The van der Waals surface area contributed by atoms with Crippen molar-refractivity contribution in [1.29, 1.82) is 0 Å². The molecule has 18 heavy (non-hydrogen) atoms. The quantitative estimate of drug-likeness (QED) is 0.297. The molecule has 0 aromatic carbocycles. The summed E-state index contributed by atoms with van der Waals surface area (Å²) in [6.45, 7) is 1.80. The van der Waals surface area contributed by atoms with Crippen LogP contribution in [0, 0.1) is 5.92 Å². The van der Waals surface area contributed by atoms with Gasteiger partial charge in [0.15, 0.2) is 17.3 Å². The van der Waals surface area contributed by atoms with Crippen molar-refractivity contribution in [3.8, 4) is 0 Å². The van der Waals surface area contributed by atoms with Crippen LogP contribution in [0.15, 0.2) is 17.5 Å². The number of amidine groups is 1. The summed E-state index contributed by atoms with van der Waals surface area (Å²) < 4.78 is 0. The summed E-state index contributed by atoms with van der Waals surface area (Å²) in [6, 6.07) is 0. The van der Waals surface area contributed by atoms with Crippen molar-refractivity contribution in [2.45, 2.75) is 12.8 Å². The number of hydrogen-bond acceptors (Lipinski definition) is 6. The maximum atomic E-state index is 9.11. The third-order valence-corrected chi connectivity index (χ3v) is 3.20. The molecule has 0 saturated carbocycles. The molecule has 0 amide bonds. The number of anilines is 1. The van der Waals surface area contributed by atoms with E-state index >= 15 is 0 Å². The molecular formula is C11H17N5O2. The van der Waals surface area contributed by atoms with Gasteiger partial charge in [0.1, 0.15) is 0 Å². The zero-order chi connectivity index (χ0) is 13.0. The maximum absolute atomic E-state index is 9.11. The SMILES string of the molecule is NC(=NO)c1nccnc1N1CCC(CO)CC1. The number of nitrogens with two attached hydrogens (primary N) is 1. The molecule has 1 aromatic heterocycles. The number of hydrogen-bond donors (Lipinski definition) is 3. The average molecular weight is 251 g/mol. The molecule has 4 N–H and O–H groups in total. The van der Waals surface area contributed by atoms with E-state index in [1.165, 1.54) is 6.20 Å². The topological polar surface area (TPSA) is 108 Å². The molecule has 2 heterocycles. The second-order valence-electron chi connectivity index (χ2n) is 4.33. The van der Waals surface area contributed by atoms with Gasteiger partial charge in [0, 0.05) is 32.1 Å². The summed E-state index contributed by atoms with van der Waals surface area (Å²) in [6.07, 6.45) is 4.91. The number of nitrogens with zero attached hydrogens (tertiary/aromatic N) is 4. The predicted molar refractivity (Wildman–Crippen MR) is 66.6 cm³/mol. The molecule has 98 valence electrons. The summed E-state index contributed by atoms with van der Waals surface area (Å²) in [5, 5.41) is 20.8. The van der Waals surface area contributed by atoms with Crippen molar-refractivity contribution >= 4 is 11.7 Å². The smallest absolute Gasteiger partial charge is 0.192 e. The van der Waals surface area contributed by atoms with Crippen molar-refractivity contribution in [3.05, 3.63) is 18.1 Å². The van der Waals surface area contributed by atoms with E-state index in [2.05, 4.69) is 15.1 Å². The number of oxime groups is 1. The Kier molecular flexibility index (Phi) is 3.93. The van der Waals surface area contributed by atoms with Gasteiger partial charge < -0.3 is 20.9 Å². The number of aromatic nitrogens is 2. The monoisotopic (exact) mass is 251 g/mol. The van der Waals surface area contributed by atoms with E-state index in [0.717, 1.165) is 25.9 Å². The Balaban J connectivity index is 2.19. The van der Waals surface area contributed by atoms with E-state index in [-0.39, 0.29) is 12.4 Å². The fraction of sp³-hybridized carbons (Fsp3) is 0.545. The minimum atomic E-state index is -0.0395. The van der Waals surface area contributed by atoms with E-state index in [1.54, 1.807) is 6.20 Å². The molecule has 1 aliphatic heterocycles. The van der Waals surface area contributed by atoms with Crippen LogP contribution < -0.4 is 10.6 Å². The van der Waals surface area contributed by atoms with Crippen molar-refractivity contribution < 1.29 is 10.3 Å². The van der Waals surface area contributed by atoms with Crippen molar-refractivity contribution in [3.63, 3.8) is 0 Å². The molecule has 0 radical (unpaired) electrons. The van der Waals surface area contributed by atoms with E-state index in [1.807, 2.05) is 4.90 Å². The highest BCUT2D eigenvalue weighted by Gasteiger charge is 2.22. The molecular weight excluding hydrogens is 234 g/mol. The number of aliphatic hydroxyl groups is 1. The third kappa shape index (κ3) is 2.51. The van der Waals surface area contributed by atoms with Gasteiger partial charge in [-0.2, -0.15) is 0 Å². The lowest BCUT2D eigenvalue weighted by molar-refractivity contribution is 0.202. The Morgan fingerprint density at radius 3 is 2.67 bits per heavy atom. The molecule has 1 fully saturated rings. The highest BCUT2D eigenvalue weighted by molar-refractivity contribution is 5.99. The van der Waals surface area contributed by atoms with Gasteiger partial charge in [-0.05, 0) is 18.8 Å². The van der Waals surface area contributed by atoms with Gasteiger partial charge in [0.25, 0.3) is 0 Å². The maximum Gasteiger partial charge on any atom is 0.192 e. The minimum absolute atomic E-state index is 0.0395. The van der Waals surface area contributed by atoms with Gasteiger partial charge in [-0.25, -0.2) is 9.97 Å². The van der Waals surface area contributed by atoms with Crippen LogP contribution in [0.2, 0.25) is 0 Å². The van der Waals surface area contributed by atoms with Gasteiger partial charge >= 0.3 is 0 Å². The first kappa shape index (κ1) is 12.6. The number of rotatable bonds is 3. The van der Waals surface area contributed by atoms with Crippen LogP contribution in [-0.2, 0) is 0 Å². The van der Waals surface area contributed by atoms with Crippen LogP contribution in [0.4, 0.5) is 5.82 Å². The fourth-order valence-corrected chi connectivity index (χ4v) is 2.12. The largest absolute Gasteiger partial charge is 0.409 e. The Morgan fingerprint density at radius 1 is 1.39 bits per heavy atom. The highest BCUT2D eigenvalue weighted by atomic mass is 16.4. The van der Waals surface area contributed by atoms with Gasteiger partial charge in [0.2, 0.25) is 0 Å². The molecule has 0 spiro atoms. The van der Waals surface area contributed by atoms with Crippen LogP contribution >= 0.6 is 0 Å². The molecule has 7 heteroatoms. The zero-order valence-electron chi connectivity index (χ0n) is 10.0. The molecule has 7 nitrogen and oxygen atoms in total. The first-order chi connectivity index (χ1) is 8.76. The van der Waals surface area contributed by atoms with E-state index in [4.69, 9.17) is 16.0 Å². The molecule has 1 aromatic rings. The highest BCUT2D eigenvalue weighted by Crippen LogP contribution is 2.23. The van der Waals surface area contributed by atoms with Crippen LogP contribution in [0.5, 0.6) is 0 Å². The van der Waals surface area contributed by atoms with Crippen LogP contribution in [0.3, 0.4) is 0 Å². The minimum Gasteiger partial charge on any atom is -0.409 e. The summed E-state index contributed by atoms with van der Waals surface area (Å²) in [5.41, 5.74) is 5.98. The number of piperidine rings is 1. The lowest BCUT2D eigenvalue weighted by Crippen LogP contribution is -2.37. The van der Waals surface area contributed by atoms with Gasteiger partial charge in [0.05, 0.1) is 0 Å². The average Bonchev–Trinajstić information content (AvgIpc) is 2.46. The molecule has 2 rings (SSSR count). The summed E-state index contributed by atoms with van der Waals surface area (Å²) >= 11 is 0. The zero-order valence-corrected chi connectivity index (χ0v) is 10.0. The Morgan fingerprint density at radius 2 is 2.06 bits per heavy atom. The van der Waals surface area contributed by atoms with Crippen molar-refractivity contribution in [1.82, 2.24) is 9.97 Å². The second-order valence-corrected chi connectivity index (χ2v) is 4.33. The molecule has 1 saturated heterocycles. The van der Waals surface area contributed by atoms with Crippen LogP contribution in [-0.4, -0.2) is 45.8 Å². The van der Waals surface area contributed by atoms with Gasteiger partial charge in [-0.3, -0.25) is 0 Å². The summed E-state index contributed by atoms with van der Waals surface area (Å²) in [4.78, 5) is 10.4. The Bertz CT molecular complexity index is 429. The van der Waals surface area contributed by atoms with Gasteiger partial charge in [-0.15, -0.1) is 0 Å². The molecule has 0 unspecified atom stereocenters. The first-order valence-corrected chi connectivity index (χ1v) is 5.91. The van der Waals surface area contributed by atoms with E-state index in [9.17, 15) is 0 Å². The van der Waals surface area contributed by atoms with E-state index in [0.29, 0.717) is 17.4 Å². The standard InChI is InChI=1S/C11H17N5O2/c12-10(15-18)9-11(14-4-3-13-9)16-5-1-8(7-17)2-6-16/h3-4,8,17-18H,1-2,5-7H2,(H2,12,15). The predicted octanol–water partition coefficient (Wildman–Crippen LogP) is -0.220. The normalized spacial score (nSPS) is 18.1. The molecule has 0 aliphatic carbocycles. The Hall–Kier alpha value is -1.89. The fourth-order valence-electron chi connectivity index (χ4n) is 2.12. The van der Waals surface area contributed by atoms with Crippen LogP contribution in [0.1, 0.15) is 18.5 Å². The molecule has 1 aliphatic rings. The van der Waals surface area contributed by atoms with E-state index < -0.39 is 0 Å². The first-order valence-electron chi connectivity index (χ1n) is 5.91. The van der Waals surface area contributed by atoms with Crippen molar-refractivity contribution in [2.75, 3.05) is 24.6 Å². The van der Waals surface area contributed by atoms with Gasteiger partial charge in [-0.1, -0.05) is 5.16 Å². The van der Waals surface area contributed by atoms with Crippen molar-refractivity contribution in [2.24, 2.45) is 16.8 Å². The lowest BCUT2D eigenvalue weighted by Gasteiger charge is -2.32. The Labute approximate surface area is 105 Å². The summed E-state index contributed by atoms with van der Waals surface area (Å²) in [7, 11) is 0. The molecule has 0 atom stereocenters.